The molecule has 1 saturated carbocycles. The maximum absolute atomic E-state index is 13.7. The Bertz CT molecular complexity index is 620. The van der Waals surface area contributed by atoms with Crippen molar-refractivity contribution in [1.29, 1.82) is 0 Å². The van der Waals surface area contributed by atoms with Crippen molar-refractivity contribution in [3.8, 4) is 0 Å². The number of aliphatic carboxylic acids is 1. The third-order valence-corrected chi connectivity index (χ3v) is 4.82. The maximum Gasteiger partial charge on any atom is 0.303 e. The van der Waals surface area contributed by atoms with Crippen molar-refractivity contribution in [2.75, 3.05) is 0 Å². The molecule has 2 rings (SSSR count). The molecule has 0 heterocycles. The molecule has 0 saturated heterocycles. The Balaban J connectivity index is 1.86. The first-order chi connectivity index (χ1) is 12.0. The Labute approximate surface area is 146 Å². The van der Waals surface area contributed by atoms with E-state index < -0.39 is 17.6 Å². The van der Waals surface area contributed by atoms with Crippen LogP contribution >= 0.6 is 0 Å². The first-order valence-electron chi connectivity index (χ1n) is 8.85. The lowest BCUT2D eigenvalue weighted by molar-refractivity contribution is -0.137. The average Bonchev–Trinajstić information content (AvgIpc) is 2.90. The van der Waals surface area contributed by atoms with Crippen molar-refractivity contribution in [1.82, 2.24) is 0 Å². The fraction of sp³-hybridized carbons (Fsp3) is 0.500. The quantitative estimate of drug-likeness (QED) is 0.638. The Morgan fingerprint density at radius 1 is 1.16 bits per heavy atom. The van der Waals surface area contributed by atoms with Crippen molar-refractivity contribution in [3.05, 3.63) is 41.5 Å². The molecule has 3 nitrogen and oxygen atoms in total. The van der Waals surface area contributed by atoms with E-state index in [2.05, 4.69) is 0 Å². The molecule has 0 aliphatic heterocycles. The van der Waals surface area contributed by atoms with E-state index in [1.165, 1.54) is 24.3 Å². The van der Waals surface area contributed by atoms with Gasteiger partial charge in [-0.15, -0.1) is 0 Å². The van der Waals surface area contributed by atoms with E-state index in [0.717, 1.165) is 32.1 Å². The standard InChI is InChI=1S/C20H24F2O3/c21-17-7-5-8-18(22)16(17)12-10-14-11-13-19(23)15(14)6-3-1-2-4-9-20(24)25/h5,7-8,10,12,14-15H,1-4,6,9,11,13H2,(H,24,25)/t14-,15+/m1/s1. The van der Waals surface area contributed by atoms with Crippen LogP contribution in [0.15, 0.2) is 24.3 Å². The minimum Gasteiger partial charge on any atom is -0.481 e. The van der Waals surface area contributed by atoms with E-state index >= 15 is 0 Å². The van der Waals surface area contributed by atoms with Gasteiger partial charge in [-0.2, -0.15) is 0 Å². The summed E-state index contributed by atoms with van der Waals surface area (Å²) in [5.41, 5.74) is -0.0609. The number of rotatable bonds is 9. The molecule has 0 bridgehead atoms. The molecule has 1 fully saturated rings. The SMILES string of the molecule is O=C(O)CCCCCC[C@@H]1C(=O)CC[C@H]1C=Cc1c(F)cccc1F. The van der Waals surface area contributed by atoms with E-state index in [-0.39, 0.29) is 29.6 Å². The predicted molar refractivity (Wildman–Crippen MR) is 92.0 cm³/mol. The summed E-state index contributed by atoms with van der Waals surface area (Å²) in [5.74, 6) is -1.84. The summed E-state index contributed by atoms with van der Waals surface area (Å²) in [6.07, 6.45) is 8.65. The number of allylic oxidation sites excluding steroid dienone is 1. The number of hydrogen-bond donors (Lipinski definition) is 1. The molecular weight excluding hydrogens is 326 g/mol. The summed E-state index contributed by atoms with van der Waals surface area (Å²) in [6.45, 7) is 0. The van der Waals surface area contributed by atoms with Gasteiger partial charge in [0.25, 0.3) is 0 Å². The first-order valence-corrected chi connectivity index (χ1v) is 8.85. The lowest BCUT2D eigenvalue weighted by Gasteiger charge is -2.15. The minimum absolute atomic E-state index is 0.0190. The smallest absolute Gasteiger partial charge is 0.303 e. The molecule has 0 radical (unpaired) electrons. The van der Waals surface area contributed by atoms with Crippen molar-refractivity contribution in [2.24, 2.45) is 11.8 Å². The second kappa shape index (κ2) is 9.44. The number of Topliss-reactive ketones (excluding diaryl/α,β-unsaturated/α-hetero) is 1. The summed E-state index contributed by atoms with van der Waals surface area (Å²) < 4.78 is 27.4. The highest BCUT2D eigenvalue weighted by atomic mass is 19.1. The topological polar surface area (TPSA) is 54.4 Å². The van der Waals surface area contributed by atoms with E-state index in [4.69, 9.17) is 5.11 Å². The number of carboxylic acids is 1. The van der Waals surface area contributed by atoms with Crippen LogP contribution in [0.4, 0.5) is 8.78 Å². The molecule has 25 heavy (non-hydrogen) atoms. The number of hydrogen-bond acceptors (Lipinski definition) is 2. The molecule has 1 aliphatic rings. The highest BCUT2D eigenvalue weighted by molar-refractivity contribution is 5.84. The summed E-state index contributed by atoms with van der Waals surface area (Å²) in [5, 5.41) is 8.60. The summed E-state index contributed by atoms with van der Waals surface area (Å²) >= 11 is 0. The Hall–Kier alpha value is -2.04. The van der Waals surface area contributed by atoms with Crippen LogP contribution < -0.4 is 0 Å². The number of ketones is 1. The minimum atomic E-state index is -0.781. The van der Waals surface area contributed by atoms with Crippen LogP contribution in [0, 0.1) is 23.5 Å². The van der Waals surface area contributed by atoms with E-state index in [0.29, 0.717) is 12.8 Å². The normalized spacial score (nSPS) is 20.5. The van der Waals surface area contributed by atoms with Gasteiger partial charge < -0.3 is 5.11 Å². The van der Waals surface area contributed by atoms with Gasteiger partial charge in [0.2, 0.25) is 0 Å². The van der Waals surface area contributed by atoms with Crippen LogP contribution in [0.5, 0.6) is 0 Å². The van der Waals surface area contributed by atoms with Gasteiger partial charge in [-0.3, -0.25) is 9.59 Å². The van der Waals surface area contributed by atoms with Crippen molar-refractivity contribution >= 4 is 17.8 Å². The van der Waals surface area contributed by atoms with Gasteiger partial charge in [-0.1, -0.05) is 37.5 Å². The maximum atomic E-state index is 13.7. The number of carboxylic acid groups (broad SMARTS) is 1. The number of unbranched alkanes of at least 4 members (excludes halogenated alkanes) is 3. The molecule has 1 N–H and O–H groups in total. The van der Waals surface area contributed by atoms with E-state index in [1.54, 1.807) is 6.08 Å². The third kappa shape index (κ3) is 5.76. The van der Waals surface area contributed by atoms with Crippen LogP contribution in [0.3, 0.4) is 0 Å². The lowest BCUT2D eigenvalue weighted by Crippen LogP contribution is -2.13. The van der Waals surface area contributed by atoms with Gasteiger partial charge in [-0.05, 0) is 37.3 Å². The Morgan fingerprint density at radius 2 is 1.84 bits per heavy atom. The molecule has 1 aromatic carbocycles. The lowest BCUT2D eigenvalue weighted by atomic mass is 9.89. The molecule has 0 spiro atoms. The highest BCUT2D eigenvalue weighted by Crippen LogP contribution is 2.34. The average molecular weight is 350 g/mol. The molecule has 136 valence electrons. The molecule has 2 atom stereocenters. The molecular formula is C20H24F2O3. The molecule has 5 heteroatoms. The second-order valence-electron chi connectivity index (χ2n) is 6.62. The number of halogens is 2. The van der Waals surface area contributed by atoms with Crippen LogP contribution in [0.1, 0.15) is 56.9 Å². The van der Waals surface area contributed by atoms with E-state index in [9.17, 15) is 18.4 Å². The van der Waals surface area contributed by atoms with Crippen LogP contribution in [0.25, 0.3) is 6.08 Å². The van der Waals surface area contributed by atoms with Gasteiger partial charge >= 0.3 is 5.97 Å². The van der Waals surface area contributed by atoms with Crippen molar-refractivity contribution in [2.45, 2.75) is 51.4 Å². The fourth-order valence-corrected chi connectivity index (χ4v) is 3.42. The zero-order valence-electron chi connectivity index (χ0n) is 14.2. The van der Waals surface area contributed by atoms with Gasteiger partial charge in [0.05, 0.1) is 0 Å². The van der Waals surface area contributed by atoms with Crippen molar-refractivity contribution < 1.29 is 23.5 Å². The van der Waals surface area contributed by atoms with Gasteiger partial charge in [0, 0.05) is 24.3 Å². The van der Waals surface area contributed by atoms with Crippen LogP contribution in [0.2, 0.25) is 0 Å². The second-order valence-corrected chi connectivity index (χ2v) is 6.62. The highest BCUT2D eigenvalue weighted by Gasteiger charge is 2.32. The molecule has 0 aromatic heterocycles. The van der Waals surface area contributed by atoms with Gasteiger partial charge in [0.1, 0.15) is 17.4 Å². The van der Waals surface area contributed by atoms with Gasteiger partial charge in [-0.25, -0.2) is 8.78 Å². The Kier molecular flexibility index (Phi) is 7.29. The third-order valence-electron chi connectivity index (χ3n) is 4.82. The van der Waals surface area contributed by atoms with Gasteiger partial charge in [0.15, 0.2) is 0 Å². The number of carbonyl (C=O) groups excluding carboxylic acids is 1. The van der Waals surface area contributed by atoms with Crippen molar-refractivity contribution in [3.63, 3.8) is 0 Å². The molecule has 0 amide bonds. The van der Waals surface area contributed by atoms with E-state index in [1.807, 2.05) is 0 Å². The zero-order chi connectivity index (χ0) is 18.2. The predicted octanol–water partition coefficient (Wildman–Crippen LogP) is 5.00. The zero-order valence-corrected chi connectivity index (χ0v) is 14.2. The number of benzene rings is 1. The van der Waals surface area contributed by atoms with Crippen LogP contribution in [-0.4, -0.2) is 16.9 Å². The number of carbonyl (C=O) groups is 2. The molecule has 1 aliphatic carbocycles. The largest absolute Gasteiger partial charge is 0.481 e. The molecule has 0 unspecified atom stereocenters. The van der Waals surface area contributed by atoms with Crippen LogP contribution in [-0.2, 0) is 9.59 Å². The fourth-order valence-electron chi connectivity index (χ4n) is 3.42. The summed E-state index contributed by atoms with van der Waals surface area (Å²) in [6, 6.07) is 3.77. The summed E-state index contributed by atoms with van der Waals surface area (Å²) in [4.78, 5) is 22.5. The summed E-state index contributed by atoms with van der Waals surface area (Å²) in [7, 11) is 0. The first kappa shape index (κ1) is 19.3. The molecule has 1 aromatic rings. The monoisotopic (exact) mass is 350 g/mol. The Morgan fingerprint density at radius 3 is 2.52 bits per heavy atom.